The van der Waals surface area contributed by atoms with Crippen LogP contribution in [0.15, 0.2) is 16.1 Å². The quantitative estimate of drug-likeness (QED) is 0.743. The van der Waals surface area contributed by atoms with E-state index in [0.29, 0.717) is 18.7 Å². The molecule has 7 heteroatoms. The largest absolute Gasteiger partial charge is 0.342 e. The minimum atomic E-state index is 0.212. The van der Waals surface area contributed by atoms with E-state index >= 15 is 0 Å². The molecule has 4 aliphatic heterocycles. The van der Waals surface area contributed by atoms with Crippen molar-refractivity contribution in [2.45, 2.75) is 58.4 Å². The molecule has 2 saturated heterocycles. The highest BCUT2D eigenvalue weighted by atomic mass is 32.2. The second-order valence-corrected chi connectivity index (χ2v) is 9.41. The lowest BCUT2D eigenvalue weighted by atomic mass is 9.72. The molecule has 0 unspecified atom stereocenters. The molecule has 0 atom stereocenters. The second kappa shape index (κ2) is 7.49. The van der Waals surface area contributed by atoms with Crippen LogP contribution < -0.4 is 0 Å². The molecule has 1 spiro atoms. The third-order valence-electron chi connectivity index (χ3n) is 6.49. The number of fused-ring (bicyclic) bond motifs is 1. The number of hydrogen-bond donors (Lipinski definition) is 0. The summed E-state index contributed by atoms with van der Waals surface area (Å²) in [5.41, 5.74) is 1.32. The van der Waals surface area contributed by atoms with Gasteiger partial charge >= 0.3 is 0 Å². The number of piperidine rings is 2. The van der Waals surface area contributed by atoms with E-state index in [-0.39, 0.29) is 17.4 Å². The Labute approximate surface area is 166 Å². The van der Waals surface area contributed by atoms with Crippen molar-refractivity contribution in [3.8, 4) is 0 Å². The summed E-state index contributed by atoms with van der Waals surface area (Å²) in [5.74, 6) is 0.523. The Morgan fingerprint density at radius 2 is 2.04 bits per heavy atom. The number of amides is 2. The fraction of sp³-hybridized carbons (Fsp3) is 0.750. The molecule has 6 nitrogen and oxygen atoms in total. The zero-order chi connectivity index (χ0) is 19.0. The van der Waals surface area contributed by atoms with Crippen molar-refractivity contribution in [1.29, 1.82) is 0 Å². The van der Waals surface area contributed by atoms with E-state index in [4.69, 9.17) is 0 Å². The number of nitrogens with zero attached hydrogens (tertiary/aromatic N) is 4. The maximum absolute atomic E-state index is 12.9. The highest BCUT2D eigenvalue weighted by molar-refractivity contribution is 8.16. The van der Waals surface area contributed by atoms with Gasteiger partial charge in [0.05, 0.1) is 6.42 Å². The molecule has 0 radical (unpaired) electrons. The summed E-state index contributed by atoms with van der Waals surface area (Å²) >= 11 is 1.65. The van der Waals surface area contributed by atoms with E-state index in [1.165, 1.54) is 0 Å². The zero-order valence-corrected chi connectivity index (χ0v) is 17.3. The third kappa shape index (κ3) is 3.75. The molecule has 0 N–H and O–H groups in total. The van der Waals surface area contributed by atoms with Crippen LogP contribution in [0.2, 0.25) is 0 Å². The molecular weight excluding hydrogens is 360 g/mol. The van der Waals surface area contributed by atoms with Crippen LogP contribution in [0.25, 0.3) is 0 Å². The average molecular weight is 391 g/mol. The fourth-order valence-corrected chi connectivity index (χ4v) is 5.65. The SMILES string of the molecule is CC(C)N1CC2(CCC1=O)CCN(C(=O)CC1=CSC3=NCCCN13)CC2. The lowest BCUT2D eigenvalue weighted by Gasteiger charge is -2.48. The van der Waals surface area contributed by atoms with Crippen LogP contribution in [0.5, 0.6) is 0 Å². The molecule has 4 aliphatic rings. The number of carbonyl (C=O) groups excluding carboxylic acids is 2. The Kier molecular flexibility index (Phi) is 5.23. The van der Waals surface area contributed by atoms with Gasteiger partial charge in [0, 0.05) is 50.9 Å². The molecular formula is C20H30N4O2S. The van der Waals surface area contributed by atoms with Crippen LogP contribution in [-0.2, 0) is 9.59 Å². The van der Waals surface area contributed by atoms with E-state index in [9.17, 15) is 9.59 Å². The van der Waals surface area contributed by atoms with E-state index < -0.39 is 0 Å². The van der Waals surface area contributed by atoms with Crippen molar-refractivity contribution in [2.24, 2.45) is 10.4 Å². The second-order valence-electron chi connectivity index (χ2n) is 8.57. The molecule has 0 saturated carbocycles. The number of aliphatic imine (C=N–C) groups is 1. The highest BCUT2D eigenvalue weighted by Gasteiger charge is 2.42. The van der Waals surface area contributed by atoms with E-state index in [1.807, 2.05) is 9.80 Å². The fourth-order valence-electron chi connectivity index (χ4n) is 4.69. The van der Waals surface area contributed by atoms with Crippen molar-refractivity contribution in [1.82, 2.24) is 14.7 Å². The van der Waals surface area contributed by atoms with Gasteiger partial charge in [0.25, 0.3) is 0 Å². The van der Waals surface area contributed by atoms with Gasteiger partial charge in [-0.25, -0.2) is 0 Å². The van der Waals surface area contributed by atoms with Crippen molar-refractivity contribution >= 4 is 28.7 Å². The predicted molar refractivity (Wildman–Crippen MR) is 108 cm³/mol. The molecule has 2 amide bonds. The molecule has 0 aromatic heterocycles. The van der Waals surface area contributed by atoms with Gasteiger partial charge in [-0.05, 0) is 50.4 Å². The van der Waals surface area contributed by atoms with Gasteiger partial charge in [-0.3, -0.25) is 14.6 Å². The minimum Gasteiger partial charge on any atom is -0.342 e. The Morgan fingerprint density at radius 1 is 1.26 bits per heavy atom. The van der Waals surface area contributed by atoms with Gasteiger partial charge in [-0.2, -0.15) is 0 Å². The Balaban J connectivity index is 1.33. The van der Waals surface area contributed by atoms with Crippen LogP contribution in [0.1, 0.15) is 52.4 Å². The van der Waals surface area contributed by atoms with Gasteiger partial charge in [-0.15, -0.1) is 0 Å². The van der Waals surface area contributed by atoms with E-state index in [0.717, 1.165) is 69.3 Å². The third-order valence-corrected chi connectivity index (χ3v) is 7.44. The lowest BCUT2D eigenvalue weighted by molar-refractivity contribution is -0.144. The number of rotatable bonds is 3. The standard InChI is InChI=1S/C20H30N4O2S/c1-15(2)24-14-20(5-4-17(24)25)6-10-22(11-7-20)18(26)12-16-13-27-19-21-8-3-9-23(16)19/h13,15H,3-12,14H2,1-2H3. The summed E-state index contributed by atoms with van der Waals surface area (Å²) < 4.78 is 0. The van der Waals surface area contributed by atoms with Gasteiger partial charge < -0.3 is 14.7 Å². The van der Waals surface area contributed by atoms with Crippen LogP contribution in [0.4, 0.5) is 0 Å². The number of amidine groups is 1. The highest BCUT2D eigenvalue weighted by Crippen LogP contribution is 2.41. The molecule has 148 valence electrons. The lowest BCUT2D eigenvalue weighted by Crippen LogP contribution is -2.54. The number of thioether (sulfide) groups is 1. The predicted octanol–water partition coefficient (Wildman–Crippen LogP) is 2.67. The molecule has 4 rings (SSSR count). The molecule has 0 aliphatic carbocycles. The van der Waals surface area contributed by atoms with Gasteiger partial charge in [-0.1, -0.05) is 11.8 Å². The van der Waals surface area contributed by atoms with Crippen LogP contribution >= 0.6 is 11.8 Å². The normalized spacial score (nSPS) is 25.0. The smallest absolute Gasteiger partial charge is 0.228 e. The van der Waals surface area contributed by atoms with Gasteiger partial charge in [0.15, 0.2) is 5.17 Å². The molecule has 2 fully saturated rings. The number of carbonyl (C=O) groups is 2. The van der Waals surface area contributed by atoms with Crippen molar-refractivity contribution < 1.29 is 9.59 Å². The minimum absolute atomic E-state index is 0.212. The maximum atomic E-state index is 12.9. The first-order valence-corrected chi connectivity index (χ1v) is 11.1. The summed E-state index contributed by atoms with van der Waals surface area (Å²) in [6.45, 7) is 8.58. The maximum Gasteiger partial charge on any atom is 0.228 e. The van der Waals surface area contributed by atoms with Gasteiger partial charge in [0.1, 0.15) is 0 Å². The molecule has 0 aromatic carbocycles. The molecule has 27 heavy (non-hydrogen) atoms. The van der Waals surface area contributed by atoms with Crippen molar-refractivity contribution in [3.05, 3.63) is 11.1 Å². The monoisotopic (exact) mass is 390 g/mol. The summed E-state index contributed by atoms with van der Waals surface area (Å²) in [6, 6.07) is 0.265. The number of likely N-dealkylation sites (tertiary alicyclic amines) is 2. The van der Waals surface area contributed by atoms with E-state index in [1.54, 1.807) is 11.8 Å². The van der Waals surface area contributed by atoms with Crippen LogP contribution in [0.3, 0.4) is 0 Å². The Morgan fingerprint density at radius 3 is 2.78 bits per heavy atom. The first kappa shape index (κ1) is 18.8. The summed E-state index contributed by atoms with van der Waals surface area (Å²) in [5, 5.41) is 3.16. The van der Waals surface area contributed by atoms with Crippen LogP contribution in [0, 0.1) is 5.41 Å². The molecule has 4 heterocycles. The first-order chi connectivity index (χ1) is 13.0. The zero-order valence-electron chi connectivity index (χ0n) is 16.4. The summed E-state index contributed by atoms with van der Waals surface area (Å²) in [6.07, 6.45) is 5.21. The Hall–Kier alpha value is -1.50. The Bertz CT molecular complexity index is 679. The average Bonchev–Trinajstić information content (AvgIpc) is 3.07. The number of hydrogen-bond acceptors (Lipinski definition) is 5. The summed E-state index contributed by atoms with van der Waals surface area (Å²) in [7, 11) is 0. The first-order valence-electron chi connectivity index (χ1n) is 10.2. The summed E-state index contributed by atoms with van der Waals surface area (Å²) in [4.78, 5) is 35.9. The van der Waals surface area contributed by atoms with Crippen molar-refractivity contribution in [3.63, 3.8) is 0 Å². The van der Waals surface area contributed by atoms with Gasteiger partial charge in [0.2, 0.25) is 11.8 Å². The topological polar surface area (TPSA) is 56.2 Å². The molecule has 0 aromatic rings. The van der Waals surface area contributed by atoms with E-state index in [2.05, 4.69) is 29.1 Å². The molecule has 0 bridgehead atoms. The van der Waals surface area contributed by atoms with Crippen LogP contribution in [-0.4, -0.2) is 70.4 Å². The van der Waals surface area contributed by atoms with Crippen molar-refractivity contribution in [2.75, 3.05) is 32.7 Å².